The number of imidazole rings is 1. The average Bonchev–Trinajstić information content (AvgIpc) is 2.75. The molecule has 0 aliphatic rings. The molecule has 0 amide bonds. The lowest BCUT2D eigenvalue weighted by Crippen LogP contribution is -1.93. The van der Waals surface area contributed by atoms with Gasteiger partial charge in [0, 0.05) is 11.8 Å². The van der Waals surface area contributed by atoms with Crippen LogP contribution in [-0.2, 0) is 0 Å². The van der Waals surface area contributed by atoms with Crippen molar-refractivity contribution < 1.29 is 0 Å². The molecular weight excluding hydrogens is 234 g/mol. The topological polar surface area (TPSA) is 43.3 Å². The molecule has 0 bridgehead atoms. The highest BCUT2D eigenvalue weighted by Gasteiger charge is 2.10. The van der Waals surface area contributed by atoms with Crippen LogP contribution in [0.15, 0.2) is 48.8 Å². The molecule has 0 radical (unpaired) electrons. The maximum absolute atomic E-state index is 6.17. The summed E-state index contributed by atoms with van der Waals surface area (Å²) in [4.78, 5) is 4.39. The fraction of sp³-hybridized carbons (Fsp3) is 0. The summed E-state index contributed by atoms with van der Waals surface area (Å²) in [5.41, 5.74) is 8.39. The minimum absolute atomic E-state index is 0.683. The first kappa shape index (κ1) is 10.2. The number of benzene rings is 1. The molecule has 0 aliphatic heterocycles. The summed E-state index contributed by atoms with van der Waals surface area (Å²) in [7, 11) is 0. The quantitative estimate of drug-likeness (QED) is 0.713. The first-order valence-electron chi connectivity index (χ1n) is 5.24. The van der Waals surface area contributed by atoms with Crippen LogP contribution in [0.3, 0.4) is 0 Å². The second-order valence-corrected chi connectivity index (χ2v) is 4.19. The summed E-state index contributed by atoms with van der Waals surface area (Å²) in [5, 5.41) is 0.683. The molecule has 1 aromatic carbocycles. The number of aromatic nitrogens is 2. The van der Waals surface area contributed by atoms with Gasteiger partial charge in [-0.05, 0) is 24.3 Å². The van der Waals surface area contributed by atoms with E-state index in [-0.39, 0.29) is 0 Å². The lowest BCUT2D eigenvalue weighted by atomic mass is 10.2. The fourth-order valence-electron chi connectivity index (χ4n) is 1.89. The van der Waals surface area contributed by atoms with Crippen LogP contribution in [-0.4, -0.2) is 9.38 Å². The summed E-state index contributed by atoms with van der Waals surface area (Å²) in [6.07, 6.45) is 3.69. The van der Waals surface area contributed by atoms with Gasteiger partial charge in [0.15, 0.2) is 0 Å². The van der Waals surface area contributed by atoms with Gasteiger partial charge in [0.1, 0.15) is 5.82 Å². The van der Waals surface area contributed by atoms with Gasteiger partial charge in [-0.1, -0.05) is 23.7 Å². The monoisotopic (exact) mass is 243 g/mol. The van der Waals surface area contributed by atoms with Gasteiger partial charge in [0.2, 0.25) is 0 Å². The number of pyridine rings is 1. The largest absolute Gasteiger partial charge is 0.397 e. The number of halogens is 1. The molecule has 2 heterocycles. The van der Waals surface area contributed by atoms with Crippen LogP contribution >= 0.6 is 11.6 Å². The Labute approximate surface area is 103 Å². The Balaban J connectivity index is 2.33. The van der Waals surface area contributed by atoms with Crippen LogP contribution in [0.25, 0.3) is 16.9 Å². The third kappa shape index (κ3) is 1.56. The molecule has 0 fully saturated rings. The first-order valence-corrected chi connectivity index (χ1v) is 5.61. The number of hydrogen-bond acceptors (Lipinski definition) is 2. The van der Waals surface area contributed by atoms with Gasteiger partial charge >= 0.3 is 0 Å². The number of nitrogen functional groups attached to an aromatic ring is 1. The van der Waals surface area contributed by atoms with Gasteiger partial charge < -0.3 is 5.73 Å². The molecule has 0 saturated carbocycles. The Bertz CT molecular complexity index is 688. The van der Waals surface area contributed by atoms with Crippen molar-refractivity contribution in [1.29, 1.82) is 0 Å². The number of hydrogen-bond donors (Lipinski definition) is 1. The van der Waals surface area contributed by atoms with Crippen molar-refractivity contribution in [2.75, 3.05) is 5.73 Å². The molecule has 0 aliphatic carbocycles. The molecular formula is C13H10ClN3. The predicted octanol–water partition coefficient (Wildman–Crippen LogP) is 3.24. The van der Waals surface area contributed by atoms with E-state index in [9.17, 15) is 0 Å². The highest BCUT2D eigenvalue weighted by molar-refractivity contribution is 6.33. The minimum Gasteiger partial charge on any atom is -0.397 e. The maximum Gasteiger partial charge on any atom is 0.146 e. The minimum atomic E-state index is 0.683. The summed E-state index contributed by atoms with van der Waals surface area (Å²) in [5.74, 6) is 0.804. The molecule has 0 atom stereocenters. The van der Waals surface area contributed by atoms with Gasteiger partial charge in [0.05, 0.1) is 22.4 Å². The van der Waals surface area contributed by atoms with E-state index in [4.69, 9.17) is 17.3 Å². The highest BCUT2D eigenvalue weighted by Crippen LogP contribution is 2.28. The van der Waals surface area contributed by atoms with E-state index in [0.717, 1.165) is 16.9 Å². The van der Waals surface area contributed by atoms with Gasteiger partial charge in [-0.15, -0.1) is 0 Å². The number of nitrogens with zero attached hydrogens (tertiary/aromatic N) is 2. The molecule has 2 N–H and O–H groups in total. The number of fused-ring (bicyclic) bond motifs is 1. The zero-order chi connectivity index (χ0) is 11.8. The predicted molar refractivity (Wildman–Crippen MR) is 70.1 cm³/mol. The van der Waals surface area contributed by atoms with Crippen molar-refractivity contribution in [3.8, 4) is 11.4 Å². The maximum atomic E-state index is 6.17. The van der Waals surface area contributed by atoms with Crippen molar-refractivity contribution in [3.63, 3.8) is 0 Å². The normalized spacial score (nSPS) is 10.9. The number of anilines is 1. The first-order chi connectivity index (χ1) is 8.27. The third-order valence-electron chi connectivity index (χ3n) is 2.72. The number of rotatable bonds is 1. The van der Waals surface area contributed by atoms with E-state index >= 15 is 0 Å². The zero-order valence-electron chi connectivity index (χ0n) is 8.97. The average molecular weight is 244 g/mol. The molecule has 17 heavy (non-hydrogen) atoms. The van der Waals surface area contributed by atoms with Crippen molar-refractivity contribution >= 4 is 22.8 Å². The molecule has 3 rings (SSSR count). The van der Waals surface area contributed by atoms with Crippen LogP contribution < -0.4 is 5.73 Å². The second-order valence-electron chi connectivity index (χ2n) is 3.78. The van der Waals surface area contributed by atoms with Crippen molar-refractivity contribution in [2.24, 2.45) is 0 Å². The summed E-state index contributed by atoms with van der Waals surface area (Å²) < 4.78 is 1.94. The standard InChI is InChI=1S/C13H10ClN3/c14-10-5-2-1-4-9(10)13-16-8-12-11(15)6-3-7-17(12)13/h1-8H,15H2. The Morgan fingerprint density at radius 3 is 2.76 bits per heavy atom. The van der Waals surface area contributed by atoms with Crippen LogP contribution in [0.2, 0.25) is 5.02 Å². The molecule has 4 heteroatoms. The molecule has 3 nitrogen and oxygen atoms in total. The van der Waals surface area contributed by atoms with Crippen LogP contribution in [0.5, 0.6) is 0 Å². The lowest BCUT2D eigenvalue weighted by molar-refractivity contribution is 1.16. The molecule has 0 spiro atoms. The number of nitrogens with two attached hydrogens (primary N) is 1. The van der Waals surface area contributed by atoms with Crippen LogP contribution in [0.4, 0.5) is 5.69 Å². The highest BCUT2D eigenvalue weighted by atomic mass is 35.5. The van der Waals surface area contributed by atoms with Gasteiger partial charge in [0.25, 0.3) is 0 Å². The Morgan fingerprint density at radius 2 is 1.94 bits per heavy atom. The lowest BCUT2D eigenvalue weighted by Gasteiger charge is -2.04. The summed E-state index contributed by atoms with van der Waals surface area (Å²) >= 11 is 6.17. The Kier molecular flexibility index (Phi) is 2.27. The van der Waals surface area contributed by atoms with Crippen molar-refractivity contribution in [2.45, 2.75) is 0 Å². The van der Waals surface area contributed by atoms with Gasteiger partial charge in [-0.3, -0.25) is 4.40 Å². The molecule has 3 aromatic rings. The molecule has 84 valence electrons. The second kappa shape index (κ2) is 3.79. The Morgan fingerprint density at radius 1 is 1.12 bits per heavy atom. The smallest absolute Gasteiger partial charge is 0.146 e. The van der Waals surface area contributed by atoms with Gasteiger partial charge in [-0.25, -0.2) is 4.98 Å². The van der Waals surface area contributed by atoms with E-state index in [0.29, 0.717) is 10.7 Å². The van der Waals surface area contributed by atoms with E-state index in [1.807, 2.05) is 47.0 Å². The van der Waals surface area contributed by atoms with E-state index in [2.05, 4.69) is 4.98 Å². The molecule has 0 unspecified atom stereocenters. The zero-order valence-corrected chi connectivity index (χ0v) is 9.72. The molecule has 0 saturated heterocycles. The van der Waals surface area contributed by atoms with Crippen LogP contribution in [0.1, 0.15) is 0 Å². The molecule has 2 aromatic heterocycles. The van der Waals surface area contributed by atoms with Crippen molar-refractivity contribution in [1.82, 2.24) is 9.38 Å². The Hall–Kier alpha value is -2.00. The van der Waals surface area contributed by atoms with Crippen molar-refractivity contribution in [3.05, 3.63) is 53.8 Å². The summed E-state index contributed by atoms with van der Waals surface area (Å²) in [6.45, 7) is 0. The third-order valence-corrected chi connectivity index (χ3v) is 3.05. The summed E-state index contributed by atoms with van der Waals surface area (Å²) in [6, 6.07) is 11.4. The van der Waals surface area contributed by atoms with E-state index in [1.54, 1.807) is 6.20 Å². The van der Waals surface area contributed by atoms with E-state index in [1.165, 1.54) is 0 Å². The van der Waals surface area contributed by atoms with Crippen LogP contribution in [0, 0.1) is 0 Å². The van der Waals surface area contributed by atoms with Gasteiger partial charge in [-0.2, -0.15) is 0 Å². The SMILES string of the molecule is Nc1cccn2c(-c3ccccc3Cl)ncc12. The fourth-order valence-corrected chi connectivity index (χ4v) is 2.11. The van der Waals surface area contributed by atoms with E-state index < -0.39 is 0 Å².